The third-order valence-electron chi connectivity index (χ3n) is 4.95. The van der Waals surface area contributed by atoms with Crippen molar-refractivity contribution in [1.29, 1.82) is 0 Å². The molecule has 0 aliphatic heterocycles. The van der Waals surface area contributed by atoms with Crippen molar-refractivity contribution in [2.75, 3.05) is 26.6 Å². The summed E-state index contributed by atoms with van der Waals surface area (Å²) in [6.07, 6.45) is 0. The molecule has 0 saturated heterocycles. The second-order valence-corrected chi connectivity index (χ2v) is 7.40. The average molecular weight is 424 g/mol. The van der Waals surface area contributed by atoms with Crippen LogP contribution in [-0.2, 0) is 0 Å². The lowest BCUT2D eigenvalue weighted by Gasteiger charge is -2.17. The Bertz CT molecular complexity index is 1040. The molecule has 0 amide bonds. The van der Waals surface area contributed by atoms with Gasteiger partial charge in [0.1, 0.15) is 28.7 Å². The molecule has 3 aromatic rings. The molecular weight excluding hydrogens is 394 g/mol. The molecule has 6 heteroatoms. The van der Waals surface area contributed by atoms with Crippen molar-refractivity contribution in [2.24, 2.45) is 0 Å². The molecule has 0 fully saturated rings. The highest BCUT2D eigenvalue weighted by molar-refractivity contribution is 5.81. The van der Waals surface area contributed by atoms with E-state index < -0.39 is 0 Å². The predicted molar refractivity (Wildman–Crippen MR) is 123 cm³/mol. The van der Waals surface area contributed by atoms with E-state index in [-0.39, 0.29) is 0 Å². The minimum absolute atomic E-state index is 0.378. The lowest BCUT2D eigenvalue weighted by atomic mass is 9.98. The molecule has 0 aliphatic carbocycles. The zero-order valence-electron chi connectivity index (χ0n) is 18.9. The summed E-state index contributed by atoms with van der Waals surface area (Å²) < 4.78 is 28.0. The van der Waals surface area contributed by atoms with Crippen molar-refractivity contribution in [1.82, 2.24) is 0 Å². The monoisotopic (exact) mass is 423 g/mol. The van der Waals surface area contributed by atoms with E-state index in [0.717, 1.165) is 5.75 Å². The lowest BCUT2D eigenvalue weighted by molar-refractivity contribution is 0.343. The molecule has 0 unspecified atom stereocenters. The predicted octanol–water partition coefficient (Wildman–Crippen LogP) is 6.61. The van der Waals surface area contributed by atoms with Crippen molar-refractivity contribution in [3.05, 3.63) is 65.9 Å². The van der Waals surface area contributed by atoms with Gasteiger partial charge in [0.25, 0.3) is 5.95 Å². The summed E-state index contributed by atoms with van der Waals surface area (Å²) in [5.41, 5.74) is 3.63. The van der Waals surface area contributed by atoms with Gasteiger partial charge < -0.3 is 28.7 Å². The molecule has 0 bridgehead atoms. The van der Waals surface area contributed by atoms with E-state index in [1.807, 2.05) is 12.1 Å². The molecule has 2 aromatic carbocycles. The molecule has 1 heterocycles. The normalized spacial score (nSPS) is 10.7. The van der Waals surface area contributed by atoms with Crippen LogP contribution in [0.4, 0.5) is 5.69 Å². The SMILES string of the molecule is C=C(Nc1c(OC)cc(OC)cc1OC)c1ccc(Oc2ccc(C(C)C)c(C)c2)o1. The summed E-state index contributed by atoms with van der Waals surface area (Å²) in [4.78, 5) is 0. The lowest BCUT2D eigenvalue weighted by Crippen LogP contribution is -2.02. The Balaban J connectivity index is 1.77. The third-order valence-corrected chi connectivity index (χ3v) is 4.95. The van der Waals surface area contributed by atoms with Gasteiger partial charge in [0.05, 0.1) is 27.0 Å². The minimum atomic E-state index is 0.378. The molecule has 31 heavy (non-hydrogen) atoms. The summed E-state index contributed by atoms with van der Waals surface area (Å²) >= 11 is 0. The number of anilines is 1. The Morgan fingerprint density at radius 2 is 1.58 bits per heavy atom. The standard InChI is InChI=1S/C25H29NO5/c1-15(2)20-9-8-18(12-16(20)3)30-24-11-10-21(31-24)17(4)26-25-22(28-6)13-19(27-5)14-23(25)29-7/h8-15,26H,4H2,1-3,5-7H3. The van der Waals surface area contributed by atoms with E-state index in [2.05, 4.69) is 38.7 Å². The van der Waals surface area contributed by atoms with Crippen LogP contribution in [0.5, 0.6) is 28.9 Å². The number of furan rings is 1. The highest BCUT2D eigenvalue weighted by Gasteiger charge is 2.16. The van der Waals surface area contributed by atoms with E-state index in [1.54, 1.807) is 45.6 Å². The second-order valence-electron chi connectivity index (χ2n) is 7.40. The number of hydrogen-bond acceptors (Lipinski definition) is 6. The maximum atomic E-state index is 5.89. The second kappa shape index (κ2) is 9.51. The van der Waals surface area contributed by atoms with E-state index in [0.29, 0.717) is 46.3 Å². The highest BCUT2D eigenvalue weighted by Crippen LogP contribution is 2.40. The fourth-order valence-electron chi connectivity index (χ4n) is 3.35. The number of nitrogens with one attached hydrogen (secondary N) is 1. The Morgan fingerprint density at radius 3 is 2.13 bits per heavy atom. The van der Waals surface area contributed by atoms with Gasteiger partial charge in [-0.15, -0.1) is 0 Å². The number of benzene rings is 2. The molecule has 0 radical (unpaired) electrons. The fraction of sp³-hybridized carbons (Fsp3) is 0.280. The molecule has 0 atom stereocenters. The van der Waals surface area contributed by atoms with Gasteiger partial charge in [-0.05, 0) is 42.2 Å². The maximum absolute atomic E-state index is 5.89. The third kappa shape index (κ3) is 4.97. The van der Waals surface area contributed by atoms with Crippen LogP contribution in [0.3, 0.4) is 0 Å². The summed E-state index contributed by atoms with van der Waals surface area (Å²) in [5.74, 6) is 3.83. The van der Waals surface area contributed by atoms with Crippen LogP contribution in [0.25, 0.3) is 5.70 Å². The summed E-state index contributed by atoms with van der Waals surface area (Å²) in [7, 11) is 4.74. The van der Waals surface area contributed by atoms with Gasteiger partial charge in [-0.25, -0.2) is 0 Å². The molecule has 0 aliphatic rings. The van der Waals surface area contributed by atoms with Crippen LogP contribution < -0.4 is 24.3 Å². The van der Waals surface area contributed by atoms with E-state index in [4.69, 9.17) is 23.4 Å². The van der Waals surface area contributed by atoms with Gasteiger partial charge in [-0.3, -0.25) is 0 Å². The van der Waals surface area contributed by atoms with Crippen LogP contribution in [0.15, 0.2) is 53.5 Å². The number of methoxy groups -OCH3 is 3. The summed E-state index contributed by atoms with van der Waals surface area (Å²) in [6, 6.07) is 13.1. The van der Waals surface area contributed by atoms with Crippen molar-refractivity contribution in [3.63, 3.8) is 0 Å². The van der Waals surface area contributed by atoms with Gasteiger partial charge in [-0.2, -0.15) is 0 Å². The van der Waals surface area contributed by atoms with Crippen LogP contribution in [0, 0.1) is 6.92 Å². The van der Waals surface area contributed by atoms with Crippen molar-refractivity contribution < 1.29 is 23.4 Å². The quantitative estimate of drug-likeness (QED) is 0.418. The summed E-state index contributed by atoms with van der Waals surface area (Å²) in [5, 5.41) is 3.21. The smallest absolute Gasteiger partial charge is 0.290 e. The molecule has 1 N–H and O–H groups in total. The zero-order chi connectivity index (χ0) is 22.5. The van der Waals surface area contributed by atoms with E-state index >= 15 is 0 Å². The maximum Gasteiger partial charge on any atom is 0.290 e. The fourth-order valence-corrected chi connectivity index (χ4v) is 3.35. The Labute approximate surface area is 183 Å². The van der Waals surface area contributed by atoms with Crippen LogP contribution in [0.1, 0.15) is 36.7 Å². The van der Waals surface area contributed by atoms with Gasteiger partial charge in [0, 0.05) is 18.2 Å². The number of aryl methyl sites for hydroxylation is 1. The first kappa shape index (κ1) is 22.2. The Hall–Kier alpha value is -3.54. The van der Waals surface area contributed by atoms with E-state index in [9.17, 15) is 0 Å². The van der Waals surface area contributed by atoms with E-state index in [1.165, 1.54) is 11.1 Å². The van der Waals surface area contributed by atoms with Crippen LogP contribution >= 0.6 is 0 Å². The average Bonchev–Trinajstić information content (AvgIpc) is 3.22. The molecular formula is C25H29NO5. The zero-order valence-corrected chi connectivity index (χ0v) is 18.9. The molecule has 0 saturated carbocycles. The number of ether oxygens (including phenoxy) is 4. The van der Waals surface area contributed by atoms with Crippen LogP contribution in [0.2, 0.25) is 0 Å². The van der Waals surface area contributed by atoms with Gasteiger partial charge in [0.2, 0.25) is 0 Å². The molecule has 0 spiro atoms. The van der Waals surface area contributed by atoms with Gasteiger partial charge >= 0.3 is 0 Å². The first-order valence-corrected chi connectivity index (χ1v) is 10.0. The van der Waals surface area contributed by atoms with Gasteiger partial charge in [-0.1, -0.05) is 26.5 Å². The topological polar surface area (TPSA) is 62.1 Å². The Kier molecular flexibility index (Phi) is 6.80. The van der Waals surface area contributed by atoms with Crippen molar-refractivity contribution in [2.45, 2.75) is 26.7 Å². The molecule has 6 nitrogen and oxygen atoms in total. The van der Waals surface area contributed by atoms with Crippen LogP contribution in [-0.4, -0.2) is 21.3 Å². The first-order valence-electron chi connectivity index (χ1n) is 10.0. The van der Waals surface area contributed by atoms with Crippen molar-refractivity contribution in [3.8, 4) is 28.9 Å². The first-order chi connectivity index (χ1) is 14.9. The highest BCUT2D eigenvalue weighted by atomic mass is 16.6. The molecule has 164 valence electrons. The van der Waals surface area contributed by atoms with Crippen molar-refractivity contribution >= 4 is 11.4 Å². The number of rotatable bonds is 9. The minimum Gasteiger partial charge on any atom is -0.496 e. The molecule has 3 rings (SSSR count). The molecule has 1 aromatic heterocycles. The largest absolute Gasteiger partial charge is 0.496 e. The summed E-state index contributed by atoms with van der Waals surface area (Å²) in [6.45, 7) is 10.5. The Morgan fingerprint density at radius 1 is 0.903 bits per heavy atom. The number of hydrogen-bond donors (Lipinski definition) is 1. The van der Waals surface area contributed by atoms with Gasteiger partial charge in [0.15, 0.2) is 5.76 Å².